The van der Waals surface area contributed by atoms with Gasteiger partial charge in [-0.15, -0.1) is 11.3 Å². The zero-order valence-electron chi connectivity index (χ0n) is 10.3. The Balaban J connectivity index is 2.32. The fraction of sp³-hybridized carbons (Fsp3) is 0.0833. The van der Waals surface area contributed by atoms with Crippen LogP contribution in [-0.2, 0) is 14.8 Å². The molecule has 1 N–H and O–H groups in total. The quantitative estimate of drug-likeness (QED) is 0.607. The van der Waals surface area contributed by atoms with Crippen LogP contribution < -0.4 is 4.72 Å². The topological polar surface area (TPSA) is 72.5 Å². The van der Waals surface area contributed by atoms with Crippen molar-refractivity contribution in [1.82, 2.24) is 0 Å². The number of anilines is 1. The van der Waals surface area contributed by atoms with E-state index in [0.717, 1.165) is 3.57 Å². The minimum absolute atomic E-state index is 0.139. The number of ether oxygens (including phenoxy) is 1. The molecule has 0 aliphatic heterocycles. The van der Waals surface area contributed by atoms with Crippen molar-refractivity contribution in [1.29, 1.82) is 0 Å². The van der Waals surface area contributed by atoms with E-state index >= 15 is 0 Å². The van der Waals surface area contributed by atoms with E-state index in [1.54, 1.807) is 17.5 Å². The van der Waals surface area contributed by atoms with Gasteiger partial charge in [0.15, 0.2) is 0 Å². The number of carbonyl (C=O) groups is 1. The third-order valence-electron chi connectivity index (χ3n) is 2.44. The van der Waals surface area contributed by atoms with Gasteiger partial charge in [-0.2, -0.15) is 0 Å². The van der Waals surface area contributed by atoms with Crippen LogP contribution in [0.4, 0.5) is 5.69 Å². The Bertz CT molecular complexity index is 722. The first kappa shape index (κ1) is 15.3. The summed E-state index contributed by atoms with van der Waals surface area (Å²) in [5, 5.41) is 3.09. The number of carbonyl (C=O) groups excluding carboxylic acids is 1. The summed E-state index contributed by atoms with van der Waals surface area (Å²) in [6.07, 6.45) is 0. The third kappa shape index (κ3) is 3.30. The van der Waals surface area contributed by atoms with Crippen LogP contribution >= 0.6 is 33.9 Å². The second-order valence-electron chi connectivity index (χ2n) is 3.75. The molecule has 5 nitrogen and oxygen atoms in total. The van der Waals surface area contributed by atoms with E-state index in [2.05, 4.69) is 32.0 Å². The number of hydrogen-bond donors (Lipinski definition) is 1. The van der Waals surface area contributed by atoms with E-state index in [9.17, 15) is 13.2 Å². The highest BCUT2D eigenvalue weighted by Gasteiger charge is 2.19. The number of esters is 1. The molecule has 0 bridgehead atoms. The molecule has 0 aliphatic rings. The fourth-order valence-corrected chi connectivity index (χ4v) is 3.72. The summed E-state index contributed by atoms with van der Waals surface area (Å²) in [5.74, 6) is -0.577. The van der Waals surface area contributed by atoms with Crippen molar-refractivity contribution >= 4 is 55.6 Å². The minimum Gasteiger partial charge on any atom is -0.465 e. The number of hydrogen-bond acceptors (Lipinski definition) is 5. The van der Waals surface area contributed by atoms with E-state index in [4.69, 9.17) is 0 Å². The van der Waals surface area contributed by atoms with Crippen molar-refractivity contribution in [2.75, 3.05) is 11.8 Å². The van der Waals surface area contributed by atoms with Gasteiger partial charge in [0, 0.05) is 14.3 Å². The summed E-state index contributed by atoms with van der Waals surface area (Å²) in [7, 11) is -2.47. The van der Waals surface area contributed by atoms with Crippen LogP contribution in [0.2, 0.25) is 0 Å². The van der Waals surface area contributed by atoms with Crippen LogP contribution in [0.5, 0.6) is 0 Å². The standard InChI is InChI=1S/C12H10INO4S2/c1-18-12(15)10-6-19-7-11(10)14-20(16,17)9-4-2-8(13)3-5-9/h2-7,14H,1H3. The molecule has 2 rings (SSSR count). The molecule has 0 radical (unpaired) electrons. The number of thiophene rings is 1. The number of methoxy groups -OCH3 is 1. The Morgan fingerprint density at radius 1 is 1.25 bits per heavy atom. The van der Waals surface area contributed by atoms with Crippen LogP contribution in [0.3, 0.4) is 0 Å². The highest BCUT2D eigenvalue weighted by atomic mass is 127. The Hall–Kier alpha value is -1.13. The highest BCUT2D eigenvalue weighted by molar-refractivity contribution is 14.1. The number of nitrogens with one attached hydrogen (secondary N) is 1. The van der Waals surface area contributed by atoms with E-state index in [1.165, 1.54) is 36.0 Å². The van der Waals surface area contributed by atoms with E-state index in [1.807, 2.05) is 0 Å². The van der Waals surface area contributed by atoms with Crippen LogP contribution in [0.15, 0.2) is 39.9 Å². The van der Waals surface area contributed by atoms with Crippen molar-refractivity contribution in [3.05, 3.63) is 44.2 Å². The molecule has 0 fully saturated rings. The molecular formula is C12H10INO4S2. The second-order valence-corrected chi connectivity index (χ2v) is 7.42. The molecular weight excluding hydrogens is 413 g/mol. The molecule has 2 aromatic rings. The van der Waals surface area contributed by atoms with Crippen LogP contribution in [0, 0.1) is 3.57 Å². The van der Waals surface area contributed by atoms with E-state index in [-0.39, 0.29) is 16.1 Å². The summed E-state index contributed by atoms with van der Waals surface area (Å²) in [6.45, 7) is 0. The molecule has 0 saturated heterocycles. The van der Waals surface area contributed by atoms with Gasteiger partial charge in [-0.05, 0) is 46.9 Å². The highest BCUT2D eigenvalue weighted by Crippen LogP contribution is 2.25. The van der Waals surface area contributed by atoms with Gasteiger partial charge in [-0.25, -0.2) is 13.2 Å². The monoisotopic (exact) mass is 423 g/mol. The first-order valence-corrected chi connectivity index (χ1v) is 8.87. The molecule has 0 saturated carbocycles. The smallest absolute Gasteiger partial charge is 0.340 e. The number of benzene rings is 1. The average molecular weight is 423 g/mol. The maximum Gasteiger partial charge on any atom is 0.340 e. The summed E-state index contributed by atoms with van der Waals surface area (Å²) in [4.78, 5) is 11.6. The van der Waals surface area contributed by atoms with Crippen LogP contribution in [-0.4, -0.2) is 21.5 Å². The van der Waals surface area contributed by atoms with Crippen molar-refractivity contribution in [3.63, 3.8) is 0 Å². The lowest BCUT2D eigenvalue weighted by molar-refractivity contribution is 0.0602. The molecule has 0 atom stereocenters. The Kier molecular flexibility index (Phi) is 4.66. The molecule has 106 valence electrons. The van der Waals surface area contributed by atoms with Gasteiger partial charge in [0.25, 0.3) is 10.0 Å². The van der Waals surface area contributed by atoms with Gasteiger partial charge in [0.05, 0.1) is 23.3 Å². The molecule has 20 heavy (non-hydrogen) atoms. The van der Waals surface area contributed by atoms with Gasteiger partial charge in [0.1, 0.15) is 0 Å². The largest absolute Gasteiger partial charge is 0.465 e. The zero-order chi connectivity index (χ0) is 14.8. The molecule has 0 unspecified atom stereocenters. The summed E-state index contributed by atoms with van der Waals surface area (Å²) in [6, 6.07) is 6.41. The van der Waals surface area contributed by atoms with Crippen LogP contribution in [0.1, 0.15) is 10.4 Å². The summed E-state index contributed by atoms with van der Waals surface area (Å²) in [5.41, 5.74) is 0.423. The molecule has 0 spiro atoms. The molecule has 1 aromatic carbocycles. The first-order valence-electron chi connectivity index (χ1n) is 5.37. The average Bonchev–Trinajstić information content (AvgIpc) is 2.85. The van der Waals surface area contributed by atoms with Crippen molar-refractivity contribution < 1.29 is 17.9 Å². The SMILES string of the molecule is COC(=O)c1cscc1NS(=O)(=O)c1ccc(I)cc1. The lowest BCUT2D eigenvalue weighted by atomic mass is 10.3. The zero-order valence-corrected chi connectivity index (χ0v) is 14.1. The van der Waals surface area contributed by atoms with Gasteiger partial charge in [-0.1, -0.05) is 0 Å². The lowest BCUT2D eigenvalue weighted by Gasteiger charge is -2.08. The third-order valence-corrected chi connectivity index (χ3v) is 5.28. The molecule has 0 amide bonds. The number of halogens is 1. The minimum atomic E-state index is -3.72. The maximum atomic E-state index is 12.2. The molecule has 1 aromatic heterocycles. The Morgan fingerprint density at radius 2 is 1.90 bits per heavy atom. The maximum absolute atomic E-state index is 12.2. The number of sulfonamides is 1. The second kappa shape index (κ2) is 6.10. The predicted octanol–water partition coefficient (Wildman–Crippen LogP) is 2.94. The molecule has 1 heterocycles. The summed E-state index contributed by atoms with van der Waals surface area (Å²) < 4.78 is 32.4. The summed E-state index contributed by atoms with van der Waals surface area (Å²) >= 11 is 3.31. The van der Waals surface area contributed by atoms with Gasteiger partial charge in [-0.3, -0.25) is 4.72 Å². The van der Waals surface area contributed by atoms with E-state index in [0.29, 0.717) is 0 Å². The Labute approximate surface area is 134 Å². The first-order chi connectivity index (χ1) is 9.44. The van der Waals surface area contributed by atoms with Gasteiger partial charge in [0.2, 0.25) is 0 Å². The van der Waals surface area contributed by atoms with E-state index < -0.39 is 16.0 Å². The van der Waals surface area contributed by atoms with Gasteiger partial charge >= 0.3 is 5.97 Å². The lowest BCUT2D eigenvalue weighted by Crippen LogP contribution is -2.15. The van der Waals surface area contributed by atoms with Crippen LogP contribution in [0.25, 0.3) is 0 Å². The predicted molar refractivity (Wildman–Crippen MR) is 85.6 cm³/mol. The van der Waals surface area contributed by atoms with Crippen molar-refractivity contribution in [3.8, 4) is 0 Å². The van der Waals surface area contributed by atoms with Crippen molar-refractivity contribution in [2.24, 2.45) is 0 Å². The molecule has 0 aliphatic carbocycles. The molecule has 8 heteroatoms. The normalized spacial score (nSPS) is 11.1. The van der Waals surface area contributed by atoms with Crippen molar-refractivity contribution in [2.45, 2.75) is 4.90 Å². The van der Waals surface area contributed by atoms with Gasteiger partial charge < -0.3 is 4.74 Å². The Morgan fingerprint density at radius 3 is 2.50 bits per heavy atom. The number of rotatable bonds is 4. The fourth-order valence-electron chi connectivity index (χ4n) is 1.46.